The van der Waals surface area contributed by atoms with Crippen molar-refractivity contribution < 1.29 is 0 Å². The molecule has 18 heavy (non-hydrogen) atoms. The van der Waals surface area contributed by atoms with Gasteiger partial charge in [-0.25, -0.2) is 0 Å². The highest BCUT2D eigenvalue weighted by Gasteiger charge is 2.32. The quantitative estimate of drug-likeness (QED) is 0.788. The molecular weight excluding hydrogens is 242 g/mol. The van der Waals surface area contributed by atoms with Gasteiger partial charge in [-0.3, -0.25) is 0 Å². The van der Waals surface area contributed by atoms with Gasteiger partial charge in [-0.2, -0.15) is 5.26 Å². The van der Waals surface area contributed by atoms with E-state index in [9.17, 15) is 0 Å². The van der Waals surface area contributed by atoms with Crippen molar-refractivity contribution in [2.24, 2.45) is 0 Å². The fraction of sp³-hybridized carbons (Fsp3) is 0.429. The first-order valence-corrected chi connectivity index (χ1v) is 6.70. The molecule has 1 fully saturated rings. The fourth-order valence-electron chi connectivity index (χ4n) is 3.07. The van der Waals surface area contributed by atoms with E-state index in [1.807, 2.05) is 18.2 Å². The minimum Gasteiger partial charge on any atom is -0.331 e. The molecule has 0 spiro atoms. The maximum atomic E-state index is 9.03. The zero-order valence-corrected chi connectivity index (χ0v) is 11.2. The maximum Gasteiger partial charge on any atom is 0.178 e. The standard InChI is InChI=1S/C14H15N3S/c1-14(6-2-3-7-14)17-12-8-10(9-15)4-5-11(12)16-13(17)18/h4-5,8H,2-3,6-7H2,1H3,(H,16,18). The van der Waals surface area contributed by atoms with Gasteiger partial charge in [-0.1, -0.05) is 12.8 Å². The molecule has 3 rings (SSSR count). The van der Waals surface area contributed by atoms with Crippen LogP contribution in [0.4, 0.5) is 0 Å². The first-order valence-electron chi connectivity index (χ1n) is 6.29. The lowest BCUT2D eigenvalue weighted by molar-refractivity contribution is 0.335. The lowest BCUT2D eigenvalue weighted by Crippen LogP contribution is -2.26. The van der Waals surface area contributed by atoms with Crippen LogP contribution < -0.4 is 0 Å². The van der Waals surface area contributed by atoms with E-state index >= 15 is 0 Å². The highest BCUT2D eigenvalue weighted by atomic mass is 32.1. The molecule has 1 aromatic heterocycles. The molecule has 0 bridgehead atoms. The third-order valence-electron chi connectivity index (χ3n) is 4.03. The lowest BCUT2D eigenvalue weighted by Gasteiger charge is -2.26. The monoisotopic (exact) mass is 257 g/mol. The maximum absolute atomic E-state index is 9.03. The third kappa shape index (κ3) is 1.58. The number of aromatic nitrogens is 2. The number of rotatable bonds is 1. The molecule has 1 aromatic carbocycles. The summed E-state index contributed by atoms with van der Waals surface area (Å²) in [5.41, 5.74) is 2.87. The molecule has 1 aliphatic carbocycles. The number of hydrogen-bond donors (Lipinski definition) is 1. The highest BCUT2D eigenvalue weighted by molar-refractivity contribution is 7.71. The molecule has 0 saturated heterocycles. The molecule has 0 amide bonds. The molecule has 2 aromatic rings. The van der Waals surface area contributed by atoms with E-state index in [1.54, 1.807) is 0 Å². The van der Waals surface area contributed by atoms with Crippen molar-refractivity contribution in [3.63, 3.8) is 0 Å². The van der Waals surface area contributed by atoms with Crippen molar-refractivity contribution >= 4 is 23.3 Å². The van der Waals surface area contributed by atoms with Gasteiger partial charge in [0.05, 0.1) is 22.7 Å². The van der Waals surface area contributed by atoms with Crippen molar-refractivity contribution in [3.8, 4) is 6.07 Å². The third-order valence-corrected chi connectivity index (χ3v) is 4.32. The number of benzene rings is 1. The summed E-state index contributed by atoms with van der Waals surface area (Å²) in [7, 11) is 0. The molecular formula is C14H15N3S. The average Bonchev–Trinajstić information content (AvgIpc) is 2.91. The van der Waals surface area contributed by atoms with Crippen LogP contribution in [0.2, 0.25) is 0 Å². The summed E-state index contributed by atoms with van der Waals surface area (Å²) in [6, 6.07) is 7.90. The van der Waals surface area contributed by atoms with Crippen LogP contribution in [0.15, 0.2) is 18.2 Å². The van der Waals surface area contributed by atoms with Crippen LogP contribution >= 0.6 is 12.2 Å². The minimum atomic E-state index is 0.101. The normalized spacial score (nSPS) is 18.0. The van der Waals surface area contributed by atoms with Crippen LogP contribution in [0.1, 0.15) is 38.2 Å². The summed E-state index contributed by atoms with van der Waals surface area (Å²) in [5.74, 6) is 0. The van der Waals surface area contributed by atoms with E-state index in [4.69, 9.17) is 17.5 Å². The number of imidazole rings is 1. The Kier molecular flexibility index (Phi) is 2.53. The summed E-state index contributed by atoms with van der Waals surface area (Å²) in [4.78, 5) is 3.25. The zero-order chi connectivity index (χ0) is 12.8. The molecule has 1 heterocycles. The first kappa shape index (κ1) is 11.5. The largest absolute Gasteiger partial charge is 0.331 e. The second-order valence-electron chi connectivity index (χ2n) is 5.31. The van der Waals surface area contributed by atoms with Crippen molar-refractivity contribution in [2.75, 3.05) is 0 Å². The molecule has 1 aliphatic rings. The number of nitrogens with zero attached hydrogens (tertiary/aromatic N) is 2. The Hall–Kier alpha value is -1.60. The molecule has 3 nitrogen and oxygen atoms in total. The van der Waals surface area contributed by atoms with Gasteiger partial charge in [0.2, 0.25) is 0 Å². The number of H-pyrrole nitrogens is 1. The summed E-state index contributed by atoms with van der Waals surface area (Å²) in [6.45, 7) is 2.27. The van der Waals surface area contributed by atoms with E-state index in [0.29, 0.717) is 5.56 Å². The lowest BCUT2D eigenvalue weighted by atomic mass is 10.00. The molecule has 4 heteroatoms. The Morgan fingerprint density at radius 3 is 2.78 bits per heavy atom. The summed E-state index contributed by atoms with van der Waals surface area (Å²) in [6.07, 6.45) is 4.82. The molecule has 0 radical (unpaired) electrons. The van der Waals surface area contributed by atoms with Gasteiger partial charge in [0.25, 0.3) is 0 Å². The smallest absolute Gasteiger partial charge is 0.178 e. The second-order valence-corrected chi connectivity index (χ2v) is 5.70. The topological polar surface area (TPSA) is 44.5 Å². The second kappa shape index (κ2) is 3.96. The van der Waals surface area contributed by atoms with Gasteiger partial charge < -0.3 is 9.55 Å². The number of fused-ring (bicyclic) bond motifs is 1. The number of nitriles is 1. The van der Waals surface area contributed by atoms with Crippen LogP contribution in [0.5, 0.6) is 0 Å². The average molecular weight is 257 g/mol. The van der Waals surface area contributed by atoms with E-state index < -0.39 is 0 Å². The predicted molar refractivity (Wildman–Crippen MR) is 74.0 cm³/mol. The van der Waals surface area contributed by atoms with Crippen LogP contribution in [-0.2, 0) is 5.54 Å². The van der Waals surface area contributed by atoms with Gasteiger partial charge in [-0.15, -0.1) is 0 Å². The van der Waals surface area contributed by atoms with E-state index in [2.05, 4.69) is 22.5 Å². The number of aromatic amines is 1. The van der Waals surface area contributed by atoms with Crippen molar-refractivity contribution in [1.29, 1.82) is 5.26 Å². The number of hydrogen-bond acceptors (Lipinski definition) is 2. The van der Waals surface area contributed by atoms with Gasteiger partial charge in [0, 0.05) is 5.54 Å². The van der Waals surface area contributed by atoms with E-state index in [1.165, 1.54) is 12.8 Å². The van der Waals surface area contributed by atoms with Crippen LogP contribution in [-0.4, -0.2) is 9.55 Å². The van der Waals surface area contributed by atoms with Crippen molar-refractivity contribution in [3.05, 3.63) is 28.5 Å². The molecule has 0 unspecified atom stereocenters. The van der Waals surface area contributed by atoms with Gasteiger partial charge in [0.1, 0.15) is 0 Å². The Morgan fingerprint density at radius 1 is 1.39 bits per heavy atom. The van der Waals surface area contributed by atoms with E-state index in [-0.39, 0.29) is 5.54 Å². The minimum absolute atomic E-state index is 0.101. The molecule has 92 valence electrons. The number of nitrogens with one attached hydrogen (secondary N) is 1. The zero-order valence-electron chi connectivity index (χ0n) is 10.4. The molecule has 1 N–H and O–H groups in total. The summed E-state index contributed by atoms with van der Waals surface area (Å²) in [5, 5.41) is 9.03. The predicted octanol–water partition coefficient (Wildman–Crippen LogP) is 3.86. The summed E-state index contributed by atoms with van der Waals surface area (Å²) < 4.78 is 2.98. The van der Waals surface area contributed by atoms with Crippen molar-refractivity contribution in [1.82, 2.24) is 9.55 Å². The highest BCUT2D eigenvalue weighted by Crippen LogP contribution is 2.38. The van der Waals surface area contributed by atoms with Crippen molar-refractivity contribution in [2.45, 2.75) is 38.1 Å². The van der Waals surface area contributed by atoms with Gasteiger partial charge >= 0.3 is 0 Å². The molecule has 0 atom stereocenters. The Balaban J connectivity index is 2.31. The van der Waals surface area contributed by atoms with Gasteiger partial charge in [-0.05, 0) is 50.2 Å². The Bertz CT molecular complexity index is 696. The van der Waals surface area contributed by atoms with Crippen LogP contribution in [0.3, 0.4) is 0 Å². The summed E-state index contributed by atoms with van der Waals surface area (Å²) >= 11 is 5.47. The Morgan fingerprint density at radius 2 is 2.11 bits per heavy atom. The molecule has 0 aliphatic heterocycles. The Labute approximate surface area is 111 Å². The fourth-order valence-corrected chi connectivity index (χ4v) is 3.50. The van der Waals surface area contributed by atoms with Gasteiger partial charge in [0.15, 0.2) is 4.77 Å². The van der Waals surface area contributed by atoms with E-state index in [0.717, 1.165) is 28.6 Å². The SMILES string of the molecule is CC1(n2c(=S)[nH]c3ccc(C#N)cc32)CCCC1. The first-order chi connectivity index (χ1) is 8.64. The van der Waals surface area contributed by atoms with Crippen LogP contribution in [0.25, 0.3) is 11.0 Å². The van der Waals surface area contributed by atoms with Crippen LogP contribution in [0, 0.1) is 16.1 Å². The molecule has 1 saturated carbocycles.